The fourth-order valence-electron chi connectivity index (χ4n) is 2.10. The number of carboxylic acid groups (broad SMARTS) is 1. The standard InChI is InChI=1S/C16H22N2O4/c1-10(2)14(17)15(20)18(11(3)19)13(16(21)22)9-12-7-5-4-6-8-12/h4-8,10,13-14H,9,17H2,1-3H3,(H,21,22). The number of aliphatic carboxylic acids is 1. The third-order valence-corrected chi connectivity index (χ3v) is 3.45. The van der Waals surface area contributed by atoms with Crippen molar-refractivity contribution in [1.29, 1.82) is 0 Å². The van der Waals surface area contributed by atoms with Gasteiger partial charge in [0.25, 0.3) is 0 Å². The molecule has 22 heavy (non-hydrogen) atoms. The molecule has 0 radical (unpaired) electrons. The highest BCUT2D eigenvalue weighted by Crippen LogP contribution is 2.13. The fourth-order valence-corrected chi connectivity index (χ4v) is 2.10. The van der Waals surface area contributed by atoms with Crippen LogP contribution in [0.15, 0.2) is 30.3 Å². The quantitative estimate of drug-likeness (QED) is 0.818. The van der Waals surface area contributed by atoms with E-state index < -0.39 is 29.9 Å². The van der Waals surface area contributed by atoms with Gasteiger partial charge in [0.2, 0.25) is 11.8 Å². The minimum atomic E-state index is -1.27. The van der Waals surface area contributed by atoms with E-state index in [0.29, 0.717) is 0 Å². The number of hydrogen-bond donors (Lipinski definition) is 2. The maximum absolute atomic E-state index is 12.4. The van der Waals surface area contributed by atoms with Gasteiger partial charge in [0.15, 0.2) is 0 Å². The minimum Gasteiger partial charge on any atom is -0.480 e. The lowest BCUT2D eigenvalue weighted by atomic mass is 10.00. The van der Waals surface area contributed by atoms with Crippen LogP contribution in [0.3, 0.4) is 0 Å². The molecule has 1 aromatic carbocycles. The second-order valence-electron chi connectivity index (χ2n) is 5.54. The molecule has 6 nitrogen and oxygen atoms in total. The van der Waals surface area contributed by atoms with Crippen molar-refractivity contribution < 1.29 is 19.5 Å². The first kappa shape index (κ1) is 17.8. The van der Waals surface area contributed by atoms with Gasteiger partial charge in [-0.3, -0.25) is 14.5 Å². The molecule has 0 heterocycles. The first-order chi connectivity index (χ1) is 10.3. The van der Waals surface area contributed by atoms with E-state index in [4.69, 9.17) is 5.73 Å². The van der Waals surface area contributed by atoms with Crippen molar-refractivity contribution in [3.05, 3.63) is 35.9 Å². The molecule has 0 aromatic heterocycles. The smallest absolute Gasteiger partial charge is 0.327 e. The zero-order valence-electron chi connectivity index (χ0n) is 13.0. The molecule has 2 atom stereocenters. The molecule has 0 aliphatic carbocycles. The average molecular weight is 306 g/mol. The van der Waals surface area contributed by atoms with Crippen LogP contribution in [0.2, 0.25) is 0 Å². The zero-order valence-corrected chi connectivity index (χ0v) is 13.0. The van der Waals surface area contributed by atoms with Crippen LogP contribution >= 0.6 is 0 Å². The number of nitrogens with two attached hydrogens (primary N) is 1. The summed E-state index contributed by atoms with van der Waals surface area (Å²) in [6.07, 6.45) is 0.0479. The molecule has 0 spiro atoms. The number of hydrogen-bond acceptors (Lipinski definition) is 4. The van der Waals surface area contributed by atoms with Crippen molar-refractivity contribution in [2.24, 2.45) is 11.7 Å². The van der Waals surface area contributed by atoms with E-state index in [-0.39, 0.29) is 12.3 Å². The van der Waals surface area contributed by atoms with Crippen LogP contribution < -0.4 is 5.73 Å². The van der Waals surface area contributed by atoms with Gasteiger partial charge >= 0.3 is 5.97 Å². The molecule has 0 fully saturated rings. The number of carboxylic acids is 1. The highest BCUT2D eigenvalue weighted by atomic mass is 16.4. The Labute approximate surface area is 129 Å². The monoisotopic (exact) mass is 306 g/mol. The number of imide groups is 1. The lowest BCUT2D eigenvalue weighted by Crippen LogP contribution is -2.55. The lowest BCUT2D eigenvalue weighted by Gasteiger charge is -2.29. The van der Waals surface area contributed by atoms with Gasteiger partial charge in [-0.25, -0.2) is 4.79 Å². The molecule has 0 aliphatic rings. The Balaban J connectivity index is 3.10. The van der Waals surface area contributed by atoms with Crippen molar-refractivity contribution in [3.8, 4) is 0 Å². The molecule has 0 saturated heterocycles. The van der Waals surface area contributed by atoms with Gasteiger partial charge in [0.05, 0.1) is 6.04 Å². The summed E-state index contributed by atoms with van der Waals surface area (Å²) in [5, 5.41) is 9.44. The van der Waals surface area contributed by atoms with E-state index >= 15 is 0 Å². The first-order valence-electron chi connectivity index (χ1n) is 7.11. The summed E-state index contributed by atoms with van der Waals surface area (Å²) in [7, 11) is 0. The highest BCUT2D eigenvalue weighted by molar-refractivity contribution is 6.00. The van der Waals surface area contributed by atoms with Crippen molar-refractivity contribution in [2.75, 3.05) is 0 Å². The summed E-state index contributed by atoms with van der Waals surface area (Å²) >= 11 is 0. The molecule has 120 valence electrons. The van der Waals surface area contributed by atoms with Gasteiger partial charge < -0.3 is 10.8 Å². The van der Waals surface area contributed by atoms with E-state index in [1.807, 2.05) is 6.07 Å². The molecule has 6 heteroatoms. The van der Waals surface area contributed by atoms with Crippen molar-refractivity contribution in [1.82, 2.24) is 4.90 Å². The third-order valence-electron chi connectivity index (χ3n) is 3.45. The van der Waals surface area contributed by atoms with Crippen LogP contribution in [0.4, 0.5) is 0 Å². The summed E-state index contributed by atoms with van der Waals surface area (Å²) in [6.45, 7) is 4.66. The molecule has 2 unspecified atom stereocenters. The minimum absolute atomic E-state index is 0.0479. The topological polar surface area (TPSA) is 101 Å². The van der Waals surface area contributed by atoms with Gasteiger partial charge in [-0.1, -0.05) is 44.2 Å². The molecule has 1 aromatic rings. The van der Waals surface area contributed by atoms with Crippen molar-refractivity contribution >= 4 is 17.8 Å². The van der Waals surface area contributed by atoms with Crippen LogP contribution in [0.5, 0.6) is 0 Å². The summed E-state index contributed by atoms with van der Waals surface area (Å²) in [6, 6.07) is 6.67. The Bertz CT molecular complexity index is 542. The number of carbonyl (C=O) groups excluding carboxylic acids is 2. The summed E-state index contributed by atoms with van der Waals surface area (Å²) in [5.41, 5.74) is 6.52. The van der Waals surface area contributed by atoms with Crippen LogP contribution in [0.25, 0.3) is 0 Å². The maximum atomic E-state index is 12.4. The van der Waals surface area contributed by atoms with E-state index in [1.54, 1.807) is 38.1 Å². The number of amides is 2. The van der Waals surface area contributed by atoms with Crippen LogP contribution in [-0.4, -0.2) is 39.9 Å². The summed E-state index contributed by atoms with van der Waals surface area (Å²) in [5.74, 6) is -2.71. The molecule has 0 aliphatic heterocycles. The van der Waals surface area contributed by atoms with E-state index in [2.05, 4.69) is 0 Å². The van der Waals surface area contributed by atoms with Gasteiger partial charge in [-0.2, -0.15) is 0 Å². The maximum Gasteiger partial charge on any atom is 0.327 e. The zero-order chi connectivity index (χ0) is 16.9. The second-order valence-corrected chi connectivity index (χ2v) is 5.54. The first-order valence-corrected chi connectivity index (χ1v) is 7.11. The van der Waals surface area contributed by atoms with Crippen LogP contribution in [0, 0.1) is 5.92 Å². The van der Waals surface area contributed by atoms with Gasteiger partial charge in [0.1, 0.15) is 6.04 Å². The predicted molar refractivity (Wildman–Crippen MR) is 81.9 cm³/mol. The number of rotatable bonds is 6. The van der Waals surface area contributed by atoms with E-state index in [0.717, 1.165) is 10.5 Å². The number of carbonyl (C=O) groups is 3. The molecule has 0 saturated carbocycles. The molecular formula is C16H22N2O4. The lowest BCUT2D eigenvalue weighted by molar-refractivity contribution is -0.158. The number of benzene rings is 1. The van der Waals surface area contributed by atoms with Gasteiger partial charge in [0, 0.05) is 13.3 Å². The predicted octanol–water partition coefficient (Wildman–Crippen LogP) is 1.04. The third kappa shape index (κ3) is 4.39. The second kappa shape index (κ2) is 7.70. The van der Waals surface area contributed by atoms with Crippen molar-refractivity contribution in [3.63, 3.8) is 0 Å². The molecule has 0 bridgehead atoms. The largest absolute Gasteiger partial charge is 0.480 e. The summed E-state index contributed by atoms with van der Waals surface area (Å²) < 4.78 is 0. The summed E-state index contributed by atoms with van der Waals surface area (Å²) in [4.78, 5) is 36.5. The average Bonchev–Trinajstić information content (AvgIpc) is 2.45. The highest BCUT2D eigenvalue weighted by Gasteiger charge is 2.36. The Morgan fingerprint density at radius 1 is 1.18 bits per heavy atom. The Morgan fingerprint density at radius 2 is 1.73 bits per heavy atom. The Morgan fingerprint density at radius 3 is 2.14 bits per heavy atom. The van der Waals surface area contributed by atoms with Crippen LogP contribution in [-0.2, 0) is 20.8 Å². The normalized spacial score (nSPS) is 13.5. The van der Waals surface area contributed by atoms with Gasteiger partial charge in [-0.05, 0) is 11.5 Å². The molecule has 1 rings (SSSR count). The Kier molecular flexibility index (Phi) is 6.24. The molecule has 3 N–H and O–H groups in total. The molecule has 2 amide bonds. The number of nitrogens with zero attached hydrogens (tertiary/aromatic N) is 1. The van der Waals surface area contributed by atoms with Crippen molar-refractivity contribution in [2.45, 2.75) is 39.3 Å². The van der Waals surface area contributed by atoms with E-state index in [9.17, 15) is 19.5 Å². The van der Waals surface area contributed by atoms with Crippen LogP contribution in [0.1, 0.15) is 26.3 Å². The SMILES string of the molecule is CC(=O)N(C(=O)C(N)C(C)C)C(Cc1ccccc1)C(=O)O. The van der Waals surface area contributed by atoms with E-state index in [1.165, 1.54) is 6.92 Å². The van der Waals surface area contributed by atoms with Gasteiger partial charge in [-0.15, -0.1) is 0 Å². The fraction of sp³-hybridized carbons (Fsp3) is 0.438. The Hall–Kier alpha value is -2.21. The molecular weight excluding hydrogens is 284 g/mol.